The molecule has 1 amide bonds. The van der Waals surface area contributed by atoms with Gasteiger partial charge in [0.15, 0.2) is 5.69 Å². The van der Waals surface area contributed by atoms with E-state index < -0.39 is 24.6 Å². The lowest BCUT2D eigenvalue weighted by Gasteiger charge is -2.25. The third kappa shape index (κ3) is 5.67. The van der Waals surface area contributed by atoms with Crippen molar-refractivity contribution in [1.82, 2.24) is 9.88 Å². The lowest BCUT2D eigenvalue weighted by Crippen LogP contribution is -2.36. The van der Waals surface area contributed by atoms with E-state index >= 15 is 0 Å². The molecule has 1 aromatic heterocycles. The molecular weight excluding hydrogens is 412 g/mol. The molecule has 3 aromatic rings. The fourth-order valence-corrected chi connectivity index (χ4v) is 2.99. The van der Waals surface area contributed by atoms with Gasteiger partial charge in [-0.2, -0.15) is 0 Å². The summed E-state index contributed by atoms with van der Waals surface area (Å²) in [7, 11) is 0. The SMILES string of the molecule is Cc1oc(-c2ccccc2)nc1C#CCOc1ccc([C@@H](C)N(CC(=O)O)C(=O)O)cc1. The minimum atomic E-state index is -1.30. The summed E-state index contributed by atoms with van der Waals surface area (Å²) < 4.78 is 11.3. The van der Waals surface area contributed by atoms with E-state index in [0.29, 0.717) is 28.7 Å². The number of aliphatic carboxylic acids is 1. The fourth-order valence-electron chi connectivity index (χ4n) is 2.99. The topological polar surface area (TPSA) is 113 Å². The van der Waals surface area contributed by atoms with Crippen LogP contribution in [0.4, 0.5) is 4.79 Å². The van der Waals surface area contributed by atoms with Gasteiger partial charge in [-0.05, 0) is 49.6 Å². The summed E-state index contributed by atoms with van der Waals surface area (Å²) in [5.74, 6) is 6.32. The molecule has 0 aliphatic rings. The van der Waals surface area contributed by atoms with Crippen molar-refractivity contribution in [1.29, 1.82) is 0 Å². The molecular formula is C24H22N2O6. The number of carboxylic acid groups (broad SMARTS) is 2. The Morgan fingerprint density at radius 3 is 2.44 bits per heavy atom. The second kappa shape index (κ2) is 10.2. The van der Waals surface area contributed by atoms with Crippen LogP contribution >= 0.6 is 0 Å². The van der Waals surface area contributed by atoms with Crippen molar-refractivity contribution in [3.63, 3.8) is 0 Å². The van der Waals surface area contributed by atoms with Crippen LogP contribution in [-0.2, 0) is 4.79 Å². The predicted molar refractivity (Wildman–Crippen MR) is 116 cm³/mol. The molecule has 0 saturated heterocycles. The molecule has 0 fully saturated rings. The van der Waals surface area contributed by atoms with Gasteiger partial charge in [-0.1, -0.05) is 36.3 Å². The Kier molecular flexibility index (Phi) is 7.13. The molecule has 32 heavy (non-hydrogen) atoms. The molecule has 3 rings (SSSR count). The van der Waals surface area contributed by atoms with Gasteiger partial charge in [-0.25, -0.2) is 9.78 Å². The van der Waals surface area contributed by atoms with Crippen LogP contribution in [-0.4, -0.2) is 45.3 Å². The normalized spacial score (nSPS) is 11.2. The maximum absolute atomic E-state index is 11.3. The fraction of sp³-hybridized carbons (Fsp3) is 0.208. The largest absolute Gasteiger partial charge is 0.481 e. The van der Waals surface area contributed by atoms with E-state index in [1.165, 1.54) is 0 Å². The number of rotatable bonds is 7. The number of benzene rings is 2. The summed E-state index contributed by atoms with van der Waals surface area (Å²) in [6.07, 6.45) is -1.30. The summed E-state index contributed by atoms with van der Waals surface area (Å²) in [4.78, 5) is 27.5. The molecule has 0 radical (unpaired) electrons. The van der Waals surface area contributed by atoms with Crippen LogP contribution in [0.5, 0.6) is 5.75 Å². The molecule has 0 bridgehead atoms. The van der Waals surface area contributed by atoms with Crippen molar-refractivity contribution in [2.75, 3.05) is 13.2 Å². The Morgan fingerprint density at radius 1 is 1.12 bits per heavy atom. The molecule has 2 N–H and O–H groups in total. The number of oxazole rings is 1. The molecule has 0 saturated carbocycles. The number of ether oxygens (including phenoxy) is 1. The quantitative estimate of drug-likeness (QED) is 0.536. The third-order valence-corrected chi connectivity index (χ3v) is 4.72. The summed E-state index contributed by atoms with van der Waals surface area (Å²) >= 11 is 0. The Balaban J connectivity index is 1.60. The Hall–Kier alpha value is -4.25. The van der Waals surface area contributed by atoms with E-state index in [1.807, 2.05) is 30.3 Å². The zero-order valence-electron chi connectivity index (χ0n) is 17.6. The standard InChI is InChI=1S/C24H22N2O6/c1-16(26(24(29)30)15-22(27)28)18-10-12-20(13-11-18)31-14-6-9-21-17(2)32-23(25-21)19-7-4-3-5-8-19/h3-5,7-8,10-13,16H,14-15H2,1-2H3,(H,27,28)(H,29,30)/t16-/m1/s1. The van der Waals surface area contributed by atoms with Crippen LogP contribution in [0.1, 0.15) is 30.0 Å². The highest BCUT2D eigenvalue weighted by Crippen LogP contribution is 2.23. The number of aryl methyl sites for hydroxylation is 1. The molecule has 8 heteroatoms. The van der Waals surface area contributed by atoms with Gasteiger partial charge in [0.05, 0.1) is 6.04 Å². The lowest BCUT2D eigenvalue weighted by molar-refractivity contribution is -0.138. The summed E-state index contributed by atoms with van der Waals surface area (Å²) in [5.41, 5.74) is 2.07. The predicted octanol–water partition coefficient (Wildman–Crippen LogP) is 4.21. The summed E-state index contributed by atoms with van der Waals surface area (Å²) in [6.45, 7) is 2.96. The van der Waals surface area contributed by atoms with Gasteiger partial charge in [0, 0.05) is 5.56 Å². The zero-order chi connectivity index (χ0) is 23.1. The number of carbonyl (C=O) groups is 2. The van der Waals surface area contributed by atoms with E-state index in [1.54, 1.807) is 38.1 Å². The van der Waals surface area contributed by atoms with Crippen molar-refractivity contribution >= 4 is 12.1 Å². The Labute approximate surface area is 185 Å². The maximum atomic E-state index is 11.3. The number of hydrogen-bond donors (Lipinski definition) is 2. The monoisotopic (exact) mass is 434 g/mol. The molecule has 2 aromatic carbocycles. The molecule has 164 valence electrons. The van der Waals surface area contributed by atoms with Gasteiger partial charge in [-0.15, -0.1) is 0 Å². The lowest BCUT2D eigenvalue weighted by atomic mass is 10.1. The van der Waals surface area contributed by atoms with E-state index in [-0.39, 0.29) is 6.61 Å². The van der Waals surface area contributed by atoms with Crippen molar-refractivity contribution in [2.24, 2.45) is 0 Å². The van der Waals surface area contributed by atoms with Gasteiger partial charge >= 0.3 is 12.1 Å². The highest BCUT2D eigenvalue weighted by atomic mass is 16.5. The second-order valence-electron chi connectivity index (χ2n) is 6.93. The van der Waals surface area contributed by atoms with Crippen molar-refractivity contribution in [2.45, 2.75) is 19.9 Å². The van der Waals surface area contributed by atoms with Crippen LogP contribution in [0.25, 0.3) is 11.5 Å². The number of carboxylic acids is 1. The number of hydrogen-bond acceptors (Lipinski definition) is 5. The van der Waals surface area contributed by atoms with Crippen LogP contribution in [0.15, 0.2) is 59.0 Å². The molecule has 1 heterocycles. The van der Waals surface area contributed by atoms with E-state index in [2.05, 4.69) is 16.8 Å². The summed E-state index contributed by atoms with van der Waals surface area (Å²) in [5, 5.41) is 18.1. The van der Waals surface area contributed by atoms with Gasteiger partial charge in [0.1, 0.15) is 24.7 Å². The van der Waals surface area contributed by atoms with Crippen LogP contribution in [0.2, 0.25) is 0 Å². The minimum absolute atomic E-state index is 0.127. The molecule has 0 unspecified atom stereocenters. The van der Waals surface area contributed by atoms with Gasteiger partial charge in [-0.3, -0.25) is 9.69 Å². The van der Waals surface area contributed by atoms with E-state index in [0.717, 1.165) is 10.5 Å². The van der Waals surface area contributed by atoms with Crippen LogP contribution in [0.3, 0.4) is 0 Å². The number of aromatic nitrogens is 1. The van der Waals surface area contributed by atoms with Crippen LogP contribution in [0, 0.1) is 18.8 Å². The molecule has 0 aliphatic carbocycles. The molecule has 8 nitrogen and oxygen atoms in total. The third-order valence-electron chi connectivity index (χ3n) is 4.72. The first kappa shape index (κ1) is 22.4. The van der Waals surface area contributed by atoms with Crippen molar-refractivity contribution < 1.29 is 29.0 Å². The maximum Gasteiger partial charge on any atom is 0.408 e. The van der Waals surface area contributed by atoms with Gasteiger partial charge in [0.25, 0.3) is 0 Å². The highest BCUT2D eigenvalue weighted by Gasteiger charge is 2.23. The van der Waals surface area contributed by atoms with E-state index in [4.69, 9.17) is 14.3 Å². The Morgan fingerprint density at radius 2 is 1.81 bits per heavy atom. The smallest absolute Gasteiger partial charge is 0.408 e. The second-order valence-corrected chi connectivity index (χ2v) is 6.93. The molecule has 1 atom stereocenters. The molecule has 0 aliphatic heterocycles. The first-order chi connectivity index (χ1) is 15.3. The van der Waals surface area contributed by atoms with E-state index in [9.17, 15) is 14.7 Å². The number of nitrogens with zero attached hydrogens (tertiary/aromatic N) is 2. The minimum Gasteiger partial charge on any atom is -0.481 e. The first-order valence-electron chi connectivity index (χ1n) is 9.81. The molecule has 0 spiro atoms. The van der Waals surface area contributed by atoms with Gasteiger partial charge in [0.2, 0.25) is 5.89 Å². The van der Waals surface area contributed by atoms with Gasteiger partial charge < -0.3 is 19.4 Å². The summed E-state index contributed by atoms with van der Waals surface area (Å²) in [6, 6.07) is 15.7. The van der Waals surface area contributed by atoms with Crippen molar-refractivity contribution in [3.8, 4) is 29.0 Å². The average molecular weight is 434 g/mol. The highest BCUT2D eigenvalue weighted by molar-refractivity contribution is 5.76. The van der Waals surface area contributed by atoms with Crippen LogP contribution < -0.4 is 4.74 Å². The first-order valence-corrected chi connectivity index (χ1v) is 9.81. The Bertz CT molecular complexity index is 1140. The zero-order valence-corrected chi connectivity index (χ0v) is 17.6. The van der Waals surface area contributed by atoms with Crippen molar-refractivity contribution in [3.05, 3.63) is 71.6 Å². The average Bonchev–Trinajstić information content (AvgIpc) is 3.16. The number of amides is 1.